The second-order valence-corrected chi connectivity index (χ2v) is 5.65. The molecule has 1 saturated heterocycles. The molecule has 0 atom stereocenters. The average molecular weight is 250 g/mol. The number of aromatic nitrogens is 1. The zero-order valence-electron chi connectivity index (χ0n) is 10.9. The zero-order chi connectivity index (χ0) is 13.2. The van der Waals surface area contributed by atoms with Gasteiger partial charge in [-0.1, -0.05) is 13.8 Å². The van der Waals surface area contributed by atoms with Crippen LogP contribution in [0.5, 0.6) is 0 Å². The van der Waals surface area contributed by atoms with Crippen molar-refractivity contribution >= 4 is 5.91 Å². The number of carbonyl (C=O) groups is 1. The SMILES string of the molecule is CC1(C)CCCN(C(=O)c2cccnc2F)CC1. The first-order valence-electron chi connectivity index (χ1n) is 6.39. The van der Waals surface area contributed by atoms with Crippen LogP contribution in [0.1, 0.15) is 43.5 Å². The summed E-state index contributed by atoms with van der Waals surface area (Å²) in [6.07, 6.45) is 4.39. The van der Waals surface area contributed by atoms with Gasteiger partial charge in [0.1, 0.15) is 0 Å². The van der Waals surface area contributed by atoms with E-state index in [0.717, 1.165) is 19.3 Å². The standard InChI is InChI=1S/C14H19FN2O/c1-14(2)6-4-9-17(10-7-14)13(18)11-5-3-8-16-12(11)15/h3,5,8H,4,6-7,9-10H2,1-2H3. The number of pyridine rings is 1. The van der Waals surface area contributed by atoms with Gasteiger partial charge >= 0.3 is 0 Å². The third-order valence-corrected chi connectivity index (χ3v) is 3.62. The van der Waals surface area contributed by atoms with Gasteiger partial charge in [-0.15, -0.1) is 0 Å². The predicted molar refractivity (Wildman–Crippen MR) is 67.7 cm³/mol. The highest BCUT2D eigenvalue weighted by molar-refractivity contribution is 5.94. The van der Waals surface area contributed by atoms with Crippen molar-refractivity contribution in [1.82, 2.24) is 9.88 Å². The lowest BCUT2D eigenvalue weighted by Gasteiger charge is -2.23. The number of hydrogen-bond acceptors (Lipinski definition) is 2. The van der Waals surface area contributed by atoms with Crippen LogP contribution in [0.25, 0.3) is 0 Å². The molecule has 1 aliphatic heterocycles. The Hall–Kier alpha value is -1.45. The Kier molecular flexibility index (Phi) is 3.64. The lowest BCUT2D eigenvalue weighted by atomic mass is 9.85. The molecule has 98 valence electrons. The maximum atomic E-state index is 13.5. The Balaban J connectivity index is 2.13. The van der Waals surface area contributed by atoms with Gasteiger partial charge in [0.2, 0.25) is 5.95 Å². The summed E-state index contributed by atoms with van der Waals surface area (Å²) in [5, 5.41) is 0. The molecular weight excluding hydrogens is 231 g/mol. The third kappa shape index (κ3) is 2.86. The molecule has 4 heteroatoms. The Bertz CT molecular complexity index is 445. The molecule has 0 saturated carbocycles. The van der Waals surface area contributed by atoms with Gasteiger partial charge in [-0.05, 0) is 36.8 Å². The van der Waals surface area contributed by atoms with Gasteiger partial charge in [0, 0.05) is 19.3 Å². The van der Waals surface area contributed by atoms with Gasteiger partial charge in [-0.3, -0.25) is 4.79 Å². The normalized spacial score (nSPS) is 19.4. The first-order chi connectivity index (χ1) is 8.49. The van der Waals surface area contributed by atoms with Gasteiger partial charge in [-0.2, -0.15) is 4.39 Å². The van der Waals surface area contributed by atoms with Crippen molar-refractivity contribution in [2.24, 2.45) is 5.41 Å². The van der Waals surface area contributed by atoms with E-state index < -0.39 is 5.95 Å². The molecule has 0 aliphatic carbocycles. The molecule has 1 amide bonds. The highest BCUT2D eigenvalue weighted by Crippen LogP contribution is 2.30. The topological polar surface area (TPSA) is 33.2 Å². The van der Waals surface area contributed by atoms with Crippen molar-refractivity contribution in [2.45, 2.75) is 33.1 Å². The summed E-state index contributed by atoms with van der Waals surface area (Å²) in [6, 6.07) is 3.10. The van der Waals surface area contributed by atoms with Crippen LogP contribution >= 0.6 is 0 Å². The molecule has 0 bridgehead atoms. The van der Waals surface area contributed by atoms with Crippen molar-refractivity contribution in [3.8, 4) is 0 Å². The van der Waals surface area contributed by atoms with E-state index >= 15 is 0 Å². The fourth-order valence-corrected chi connectivity index (χ4v) is 2.34. The van der Waals surface area contributed by atoms with Gasteiger partial charge < -0.3 is 4.90 Å². The fourth-order valence-electron chi connectivity index (χ4n) is 2.34. The molecule has 2 heterocycles. The van der Waals surface area contributed by atoms with E-state index in [1.165, 1.54) is 12.3 Å². The summed E-state index contributed by atoms with van der Waals surface area (Å²) < 4.78 is 13.5. The van der Waals surface area contributed by atoms with Gasteiger partial charge in [0.05, 0.1) is 5.56 Å². The minimum absolute atomic E-state index is 0.0807. The lowest BCUT2D eigenvalue weighted by molar-refractivity contribution is 0.0751. The number of hydrogen-bond donors (Lipinski definition) is 0. The summed E-state index contributed by atoms with van der Waals surface area (Å²) >= 11 is 0. The van der Waals surface area contributed by atoms with Crippen LogP contribution in [-0.2, 0) is 0 Å². The van der Waals surface area contributed by atoms with Crippen molar-refractivity contribution in [2.75, 3.05) is 13.1 Å². The smallest absolute Gasteiger partial charge is 0.258 e. The highest BCUT2D eigenvalue weighted by Gasteiger charge is 2.27. The second-order valence-electron chi connectivity index (χ2n) is 5.65. The maximum Gasteiger partial charge on any atom is 0.258 e. The van der Waals surface area contributed by atoms with E-state index in [-0.39, 0.29) is 16.9 Å². The van der Waals surface area contributed by atoms with Crippen molar-refractivity contribution in [1.29, 1.82) is 0 Å². The Morgan fingerprint density at radius 3 is 2.89 bits per heavy atom. The molecule has 0 spiro atoms. The molecule has 0 unspecified atom stereocenters. The summed E-state index contributed by atoms with van der Waals surface area (Å²) in [7, 11) is 0. The minimum atomic E-state index is -0.675. The van der Waals surface area contributed by atoms with Crippen LogP contribution in [0.15, 0.2) is 18.3 Å². The third-order valence-electron chi connectivity index (χ3n) is 3.62. The largest absolute Gasteiger partial charge is 0.338 e. The molecule has 1 aromatic heterocycles. The monoisotopic (exact) mass is 250 g/mol. The molecular formula is C14H19FN2O. The average Bonchev–Trinajstić information content (AvgIpc) is 2.50. The molecule has 1 aliphatic rings. The number of amides is 1. The van der Waals surface area contributed by atoms with Crippen LogP contribution in [0, 0.1) is 11.4 Å². The van der Waals surface area contributed by atoms with Crippen LogP contribution < -0.4 is 0 Å². The van der Waals surface area contributed by atoms with Crippen LogP contribution in [0.3, 0.4) is 0 Å². The highest BCUT2D eigenvalue weighted by atomic mass is 19.1. The second kappa shape index (κ2) is 5.04. The minimum Gasteiger partial charge on any atom is -0.338 e. The zero-order valence-corrected chi connectivity index (χ0v) is 10.9. The molecule has 0 N–H and O–H groups in total. The number of nitrogens with zero attached hydrogens (tertiary/aromatic N) is 2. The van der Waals surface area contributed by atoms with E-state index in [1.54, 1.807) is 11.0 Å². The first kappa shape index (κ1) is 13.0. The summed E-state index contributed by atoms with van der Waals surface area (Å²) in [4.78, 5) is 17.5. The van der Waals surface area contributed by atoms with E-state index in [9.17, 15) is 9.18 Å². The van der Waals surface area contributed by atoms with Gasteiger partial charge in [0.25, 0.3) is 5.91 Å². The molecule has 1 aromatic rings. The van der Waals surface area contributed by atoms with Crippen LogP contribution in [0.2, 0.25) is 0 Å². The Labute approximate surface area is 107 Å². The van der Waals surface area contributed by atoms with E-state index in [4.69, 9.17) is 0 Å². The molecule has 2 rings (SSSR count). The first-order valence-corrected chi connectivity index (χ1v) is 6.39. The summed E-state index contributed by atoms with van der Waals surface area (Å²) in [5.41, 5.74) is 0.347. The van der Waals surface area contributed by atoms with E-state index in [0.29, 0.717) is 13.1 Å². The van der Waals surface area contributed by atoms with Crippen LogP contribution in [0.4, 0.5) is 4.39 Å². The van der Waals surface area contributed by atoms with Crippen molar-refractivity contribution in [3.05, 3.63) is 29.8 Å². The molecule has 0 radical (unpaired) electrons. The predicted octanol–water partition coefficient (Wildman–Crippen LogP) is 2.87. The number of rotatable bonds is 1. The molecule has 0 aromatic carbocycles. The van der Waals surface area contributed by atoms with Crippen LogP contribution in [-0.4, -0.2) is 28.9 Å². The number of halogens is 1. The van der Waals surface area contributed by atoms with E-state index in [1.807, 2.05) is 0 Å². The van der Waals surface area contributed by atoms with Gasteiger partial charge in [0.15, 0.2) is 0 Å². The molecule has 18 heavy (non-hydrogen) atoms. The van der Waals surface area contributed by atoms with Crippen molar-refractivity contribution in [3.63, 3.8) is 0 Å². The Morgan fingerprint density at radius 2 is 2.17 bits per heavy atom. The molecule has 1 fully saturated rings. The van der Waals surface area contributed by atoms with Crippen molar-refractivity contribution < 1.29 is 9.18 Å². The van der Waals surface area contributed by atoms with E-state index in [2.05, 4.69) is 18.8 Å². The lowest BCUT2D eigenvalue weighted by Crippen LogP contribution is -2.33. The van der Waals surface area contributed by atoms with Gasteiger partial charge in [-0.25, -0.2) is 4.98 Å². The fraction of sp³-hybridized carbons (Fsp3) is 0.571. The number of carbonyl (C=O) groups excluding carboxylic acids is 1. The maximum absolute atomic E-state index is 13.5. The Morgan fingerprint density at radius 1 is 1.39 bits per heavy atom. The molecule has 3 nitrogen and oxygen atoms in total. The summed E-state index contributed by atoms with van der Waals surface area (Å²) in [6.45, 7) is 5.83. The summed E-state index contributed by atoms with van der Waals surface area (Å²) in [5.74, 6) is -0.913. The number of likely N-dealkylation sites (tertiary alicyclic amines) is 1. The quantitative estimate of drug-likeness (QED) is 0.718.